The number of benzene rings is 9. The van der Waals surface area contributed by atoms with Crippen LogP contribution in [-0.4, -0.2) is 29.9 Å². The van der Waals surface area contributed by atoms with Gasteiger partial charge in [-0.25, -0.2) is 29.9 Å². The summed E-state index contributed by atoms with van der Waals surface area (Å²) in [7, 11) is 0. The van der Waals surface area contributed by atoms with Gasteiger partial charge < -0.3 is 0 Å². The molecule has 0 aliphatic rings. The molecule has 11 rings (SSSR count). The number of hydrogen-bond donors (Lipinski definition) is 0. The standard InChI is InChI=1S/C74H72N6/c1-45-23-41-57-61(43-45)63(55-19-15-17-21-59(55)69-77-65(47-25-33-51(34-26-47)71(3,4)5)75-66(78-69)48-27-35-52(36-28-48)72(6,7)8)58-42-24-46(2)44-62(58)64(57)56-20-16-18-22-60(56)70-79-67(49-29-37-53(38-30-49)73(9,10)11)76-68(80-70)50-31-39-54(40-32-50)74(12,13)14/h15-44H,1-14H3. The van der Waals surface area contributed by atoms with E-state index in [9.17, 15) is 0 Å². The van der Waals surface area contributed by atoms with Crippen molar-refractivity contribution in [3.05, 3.63) is 215 Å². The number of aromatic nitrogens is 6. The SMILES string of the molecule is Cc1ccc2c(-c3ccccc3-c3nc(-c4ccc(C(C)(C)C)cc4)nc(-c4ccc(C(C)(C)C)cc4)n3)c3cc(C)ccc3c(-c3ccccc3-c3nc(-c4ccc(C(C)(C)C)cc4)nc(-c4ccc(C(C)(C)C)cc4)n3)c2c1. The molecule has 2 aromatic heterocycles. The molecular weight excluding hydrogens is 973 g/mol. The summed E-state index contributed by atoms with van der Waals surface area (Å²) in [5, 5.41) is 4.48. The molecule has 0 aliphatic heterocycles. The Morgan fingerprint density at radius 1 is 0.237 bits per heavy atom. The van der Waals surface area contributed by atoms with Gasteiger partial charge in [-0.3, -0.25) is 0 Å². The number of rotatable bonds is 8. The van der Waals surface area contributed by atoms with E-state index in [-0.39, 0.29) is 21.7 Å². The van der Waals surface area contributed by atoms with E-state index < -0.39 is 0 Å². The van der Waals surface area contributed by atoms with Gasteiger partial charge >= 0.3 is 0 Å². The molecule has 0 aliphatic carbocycles. The first-order chi connectivity index (χ1) is 38.0. The zero-order chi connectivity index (χ0) is 56.5. The van der Waals surface area contributed by atoms with Crippen LogP contribution in [-0.2, 0) is 21.7 Å². The maximum atomic E-state index is 5.38. The van der Waals surface area contributed by atoms with Gasteiger partial charge in [0, 0.05) is 33.4 Å². The predicted octanol–water partition coefficient (Wildman–Crippen LogP) is 19.5. The minimum atomic E-state index is 0.000374. The first-order valence-electron chi connectivity index (χ1n) is 28.1. The topological polar surface area (TPSA) is 77.3 Å². The minimum absolute atomic E-state index is 0.000374. The smallest absolute Gasteiger partial charge is 0.164 e. The molecule has 0 saturated heterocycles. The van der Waals surface area contributed by atoms with Crippen molar-refractivity contribution in [1.29, 1.82) is 0 Å². The number of nitrogens with zero attached hydrogens (tertiary/aromatic N) is 6. The fraction of sp³-hybridized carbons (Fsp3) is 0.243. The van der Waals surface area contributed by atoms with Gasteiger partial charge in [-0.2, -0.15) is 0 Å². The van der Waals surface area contributed by atoms with E-state index in [4.69, 9.17) is 29.9 Å². The second-order valence-electron chi connectivity index (χ2n) is 25.9. The fourth-order valence-electron chi connectivity index (χ4n) is 10.8. The summed E-state index contributed by atoms with van der Waals surface area (Å²) in [5.74, 6) is 3.73. The molecular formula is C74H72N6. The largest absolute Gasteiger partial charge is 0.208 e. The average Bonchev–Trinajstić information content (AvgIpc) is 3.58. The maximum Gasteiger partial charge on any atom is 0.164 e. The fourth-order valence-corrected chi connectivity index (χ4v) is 10.8. The van der Waals surface area contributed by atoms with Crippen LogP contribution in [0.5, 0.6) is 0 Å². The van der Waals surface area contributed by atoms with Gasteiger partial charge in [0.1, 0.15) is 0 Å². The number of aryl methyl sites for hydroxylation is 2. The first-order valence-corrected chi connectivity index (χ1v) is 28.1. The summed E-state index contributed by atoms with van der Waals surface area (Å²) >= 11 is 0. The summed E-state index contributed by atoms with van der Waals surface area (Å²) in [5.41, 5.74) is 17.2. The maximum absolute atomic E-state index is 5.38. The van der Waals surface area contributed by atoms with E-state index in [0.717, 1.165) is 88.3 Å². The lowest BCUT2D eigenvalue weighted by Gasteiger charge is -2.22. The predicted molar refractivity (Wildman–Crippen MR) is 336 cm³/mol. The Labute approximate surface area is 473 Å². The van der Waals surface area contributed by atoms with Gasteiger partial charge in [0.15, 0.2) is 34.9 Å². The van der Waals surface area contributed by atoms with Gasteiger partial charge in [-0.1, -0.05) is 276 Å². The summed E-state index contributed by atoms with van der Waals surface area (Å²) in [4.78, 5) is 32.0. The molecule has 0 amide bonds. The second kappa shape index (κ2) is 20.3. The van der Waals surface area contributed by atoms with Crippen molar-refractivity contribution >= 4 is 21.5 Å². The van der Waals surface area contributed by atoms with Crippen LogP contribution in [0.1, 0.15) is 116 Å². The highest BCUT2D eigenvalue weighted by Gasteiger charge is 2.26. The third-order valence-electron chi connectivity index (χ3n) is 15.6. The van der Waals surface area contributed by atoms with Crippen molar-refractivity contribution in [3.63, 3.8) is 0 Å². The van der Waals surface area contributed by atoms with E-state index in [2.05, 4.69) is 279 Å². The Bertz CT molecular complexity index is 3700. The third kappa shape index (κ3) is 10.6. The number of hydrogen-bond acceptors (Lipinski definition) is 6. The molecule has 0 bridgehead atoms. The van der Waals surface area contributed by atoms with Crippen molar-refractivity contribution < 1.29 is 0 Å². The van der Waals surface area contributed by atoms with Crippen molar-refractivity contribution in [2.75, 3.05) is 0 Å². The van der Waals surface area contributed by atoms with Crippen molar-refractivity contribution in [3.8, 4) is 90.6 Å². The van der Waals surface area contributed by atoms with Crippen LogP contribution in [0.15, 0.2) is 182 Å². The van der Waals surface area contributed by atoms with Gasteiger partial charge in [0.05, 0.1) is 0 Å². The lowest BCUT2D eigenvalue weighted by molar-refractivity contribution is 0.590. The third-order valence-corrected chi connectivity index (χ3v) is 15.6. The highest BCUT2D eigenvalue weighted by Crippen LogP contribution is 2.48. The summed E-state index contributed by atoms with van der Waals surface area (Å²) in [6.07, 6.45) is 0. The van der Waals surface area contributed by atoms with E-state index in [0.29, 0.717) is 34.9 Å². The van der Waals surface area contributed by atoms with Crippen molar-refractivity contribution in [2.45, 2.75) is 119 Å². The quantitative estimate of drug-likeness (QED) is 0.141. The van der Waals surface area contributed by atoms with Crippen LogP contribution in [0.25, 0.3) is 112 Å². The van der Waals surface area contributed by atoms with E-state index in [1.165, 1.54) is 22.3 Å². The molecule has 0 radical (unpaired) electrons. The van der Waals surface area contributed by atoms with E-state index in [1.54, 1.807) is 0 Å². The molecule has 0 saturated carbocycles. The molecule has 0 atom stereocenters. The molecule has 6 nitrogen and oxygen atoms in total. The van der Waals surface area contributed by atoms with Crippen molar-refractivity contribution in [2.24, 2.45) is 0 Å². The zero-order valence-corrected chi connectivity index (χ0v) is 49.0. The summed E-state index contributed by atoms with van der Waals surface area (Å²) < 4.78 is 0. The summed E-state index contributed by atoms with van der Waals surface area (Å²) in [6, 6.07) is 65.7. The molecule has 0 spiro atoms. The lowest BCUT2D eigenvalue weighted by atomic mass is 9.82. The van der Waals surface area contributed by atoms with E-state index in [1.807, 2.05) is 0 Å². The highest BCUT2D eigenvalue weighted by atomic mass is 15.0. The monoisotopic (exact) mass is 1040 g/mol. The average molecular weight is 1050 g/mol. The molecule has 398 valence electrons. The van der Waals surface area contributed by atoms with Gasteiger partial charge in [-0.05, 0) is 102 Å². The van der Waals surface area contributed by atoms with Crippen LogP contribution in [0.2, 0.25) is 0 Å². The summed E-state index contributed by atoms with van der Waals surface area (Å²) in [6.45, 7) is 31.2. The highest BCUT2D eigenvalue weighted by molar-refractivity contribution is 6.23. The van der Waals surface area contributed by atoms with Crippen LogP contribution >= 0.6 is 0 Å². The van der Waals surface area contributed by atoms with Crippen LogP contribution < -0.4 is 0 Å². The molecule has 0 unspecified atom stereocenters. The number of fused-ring (bicyclic) bond motifs is 2. The lowest BCUT2D eigenvalue weighted by Crippen LogP contribution is -2.11. The Kier molecular flexibility index (Phi) is 13.6. The Balaban J connectivity index is 1.14. The minimum Gasteiger partial charge on any atom is -0.208 e. The van der Waals surface area contributed by atoms with Gasteiger partial charge in [-0.15, -0.1) is 0 Å². The van der Waals surface area contributed by atoms with Crippen LogP contribution in [0.4, 0.5) is 0 Å². The molecule has 2 heterocycles. The van der Waals surface area contributed by atoms with Crippen LogP contribution in [0.3, 0.4) is 0 Å². The molecule has 9 aromatic carbocycles. The molecule has 11 aromatic rings. The van der Waals surface area contributed by atoms with Crippen LogP contribution in [0, 0.1) is 13.8 Å². The molecule has 0 fully saturated rings. The Morgan fingerprint density at radius 2 is 0.475 bits per heavy atom. The zero-order valence-electron chi connectivity index (χ0n) is 49.0. The molecule has 6 heteroatoms. The normalized spacial score (nSPS) is 12.4. The molecule has 0 N–H and O–H groups in total. The first kappa shape index (κ1) is 53.5. The van der Waals surface area contributed by atoms with Gasteiger partial charge in [0.25, 0.3) is 0 Å². The Hall–Kier alpha value is -8.48. The van der Waals surface area contributed by atoms with Gasteiger partial charge in [0.2, 0.25) is 0 Å². The van der Waals surface area contributed by atoms with Crippen molar-refractivity contribution in [1.82, 2.24) is 29.9 Å². The van der Waals surface area contributed by atoms with E-state index >= 15 is 0 Å². The Morgan fingerprint density at radius 3 is 0.725 bits per heavy atom. The molecule has 80 heavy (non-hydrogen) atoms. The second-order valence-corrected chi connectivity index (χ2v) is 25.9.